The predicted molar refractivity (Wildman–Crippen MR) is 167 cm³/mol. The Hall–Kier alpha value is -5.26. The number of nitrogens with zero attached hydrogens (tertiary/aromatic N) is 3. The van der Waals surface area contributed by atoms with Crippen LogP contribution in [0.3, 0.4) is 0 Å². The molecule has 1 aromatic heterocycles. The summed E-state index contributed by atoms with van der Waals surface area (Å²) >= 11 is 1.29. The lowest BCUT2D eigenvalue weighted by Gasteiger charge is -2.27. The van der Waals surface area contributed by atoms with Crippen molar-refractivity contribution in [2.75, 3.05) is 7.11 Å². The van der Waals surface area contributed by atoms with Crippen LogP contribution in [0.5, 0.6) is 11.5 Å². The summed E-state index contributed by atoms with van der Waals surface area (Å²) in [7, 11) is 1.59. The molecule has 1 aliphatic heterocycles. The summed E-state index contributed by atoms with van der Waals surface area (Å²) in [5, 5.41) is 11.2. The summed E-state index contributed by atoms with van der Waals surface area (Å²) < 4.78 is 13.8. The molecule has 0 aliphatic carbocycles. The molecule has 0 saturated carbocycles. The molecule has 0 amide bonds. The number of ketones is 1. The number of aromatic nitrogens is 1. The molecule has 0 fully saturated rings. The zero-order valence-electron chi connectivity index (χ0n) is 23.8. The van der Waals surface area contributed by atoms with E-state index in [0.717, 1.165) is 27.5 Å². The predicted octanol–water partition coefficient (Wildman–Crippen LogP) is 5.44. The second-order valence-electron chi connectivity index (χ2n) is 10.2. The number of benzene rings is 4. The largest absolute Gasteiger partial charge is 0.496 e. The Labute approximate surface area is 251 Å². The van der Waals surface area contributed by atoms with Crippen LogP contribution in [0, 0.1) is 11.3 Å². The van der Waals surface area contributed by atoms with Crippen LogP contribution in [0.25, 0.3) is 16.8 Å². The van der Waals surface area contributed by atoms with E-state index in [0.29, 0.717) is 37.7 Å². The number of nitriles is 1. The summed E-state index contributed by atoms with van der Waals surface area (Å²) in [6, 6.07) is 28.0. The number of thiazole rings is 1. The Morgan fingerprint density at radius 2 is 1.79 bits per heavy atom. The third-order valence-electron chi connectivity index (χ3n) is 7.54. The molecule has 0 N–H and O–H groups in total. The first-order valence-corrected chi connectivity index (χ1v) is 14.5. The van der Waals surface area contributed by atoms with Gasteiger partial charge >= 0.3 is 0 Å². The maximum Gasteiger partial charge on any atom is 0.271 e. The maximum absolute atomic E-state index is 14.1. The molecular formula is C35H27N3O4S. The number of hydrogen-bond donors (Lipinski definition) is 0. The number of ether oxygens (including phenoxy) is 2. The fourth-order valence-electron chi connectivity index (χ4n) is 5.51. The van der Waals surface area contributed by atoms with Gasteiger partial charge in [0.25, 0.3) is 5.56 Å². The minimum atomic E-state index is -0.691. The molecule has 212 valence electrons. The Morgan fingerprint density at radius 3 is 2.53 bits per heavy atom. The van der Waals surface area contributed by atoms with Gasteiger partial charge in [-0.2, -0.15) is 5.26 Å². The van der Waals surface area contributed by atoms with E-state index >= 15 is 0 Å². The molecule has 1 unspecified atom stereocenters. The lowest BCUT2D eigenvalue weighted by molar-refractivity contribution is -0.114. The first-order valence-electron chi connectivity index (χ1n) is 13.7. The molecule has 0 radical (unpaired) electrons. The van der Waals surface area contributed by atoms with Crippen LogP contribution in [0.15, 0.2) is 106 Å². The Morgan fingerprint density at radius 1 is 1.05 bits per heavy atom. The highest BCUT2D eigenvalue weighted by molar-refractivity contribution is 7.07. The van der Waals surface area contributed by atoms with E-state index in [9.17, 15) is 14.9 Å². The van der Waals surface area contributed by atoms with E-state index in [1.165, 1.54) is 18.3 Å². The fraction of sp³-hybridized carbons (Fsp3) is 0.143. The van der Waals surface area contributed by atoms with Gasteiger partial charge in [-0.15, -0.1) is 0 Å². The standard InChI is InChI=1S/C35H27N3O4S/c1-21-31(22(2)39)33(32-28-11-7-6-8-24(28)14-17-29(32)41-3)38-34(40)30(43-35(38)37-21)18-23-12-15-27(16-13-23)42-20-26-10-5-4-9-25(26)19-36/h4-18,33H,20H2,1-3H3. The second kappa shape index (κ2) is 11.6. The molecule has 2 heterocycles. The number of carbonyl (C=O) groups excluding carboxylic acids is 1. The van der Waals surface area contributed by atoms with Crippen molar-refractivity contribution in [3.63, 3.8) is 0 Å². The monoisotopic (exact) mass is 585 g/mol. The lowest BCUT2D eigenvalue weighted by atomic mass is 9.89. The van der Waals surface area contributed by atoms with Crippen LogP contribution in [0.2, 0.25) is 0 Å². The molecule has 8 heteroatoms. The second-order valence-corrected chi connectivity index (χ2v) is 11.2. The van der Waals surface area contributed by atoms with Crippen LogP contribution in [0.4, 0.5) is 0 Å². The first-order chi connectivity index (χ1) is 20.9. The van der Waals surface area contributed by atoms with E-state index in [4.69, 9.17) is 14.5 Å². The summed E-state index contributed by atoms with van der Waals surface area (Å²) in [5.41, 5.74) is 3.78. The summed E-state index contributed by atoms with van der Waals surface area (Å²) in [6.07, 6.45) is 1.82. The van der Waals surface area contributed by atoms with E-state index in [-0.39, 0.29) is 17.9 Å². The van der Waals surface area contributed by atoms with E-state index in [1.807, 2.05) is 91.9 Å². The van der Waals surface area contributed by atoms with Crippen LogP contribution in [0.1, 0.15) is 42.1 Å². The van der Waals surface area contributed by atoms with Gasteiger partial charge in [-0.1, -0.05) is 72.0 Å². The highest BCUT2D eigenvalue weighted by Gasteiger charge is 2.33. The molecule has 43 heavy (non-hydrogen) atoms. The summed E-state index contributed by atoms with van der Waals surface area (Å²) in [6.45, 7) is 3.60. The van der Waals surface area contributed by atoms with Crippen LogP contribution >= 0.6 is 11.3 Å². The van der Waals surface area contributed by atoms with Crippen molar-refractivity contribution in [1.29, 1.82) is 5.26 Å². The third kappa shape index (κ3) is 5.16. The maximum atomic E-state index is 14.1. The van der Waals surface area contributed by atoms with Crippen molar-refractivity contribution in [2.45, 2.75) is 26.5 Å². The number of allylic oxidation sites excluding steroid dienone is 2. The van der Waals surface area contributed by atoms with Gasteiger partial charge in [0.15, 0.2) is 10.6 Å². The number of Topliss-reactive ketones (excluding diaryl/α,β-unsaturated/α-hetero) is 1. The summed E-state index contributed by atoms with van der Waals surface area (Å²) in [4.78, 5) is 32.3. The molecule has 1 atom stereocenters. The minimum absolute atomic E-state index is 0.150. The van der Waals surface area contributed by atoms with Crippen molar-refractivity contribution < 1.29 is 14.3 Å². The number of rotatable bonds is 7. The molecule has 0 bridgehead atoms. The van der Waals surface area contributed by atoms with Crippen molar-refractivity contribution in [2.24, 2.45) is 4.99 Å². The van der Waals surface area contributed by atoms with Gasteiger partial charge in [0.2, 0.25) is 0 Å². The number of carbonyl (C=O) groups is 1. The quantitative estimate of drug-likeness (QED) is 0.254. The Balaban J connectivity index is 1.42. The molecule has 7 nitrogen and oxygen atoms in total. The van der Waals surface area contributed by atoms with Gasteiger partial charge < -0.3 is 9.47 Å². The van der Waals surface area contributed by atoms with E-state index in [2.05, 4.69) is 6.07 Å². The molecule has 0 spiro atoms. The number of hydrogen-bond acceptors (Lipinski definition) is 7. The molecule has 4 aromatic carbocycles. The normalized spacial score (nSPS) is 14.7. The van der Waals surface area contributed by atoms with Gasteiger partial charge in [-0.05, 0) is 60.5 Å². The van der Waals surface area contributed by atoms with Crippen molar-refractivity contribution in [1.82, 2.24) is 4.57 Å². The van der Waals surface area contributed by atoms with Crippen LogP contribution < -0.4 is 24.4 Å². The van der Waals surface area contributed by atoms with Crippen molar-refractivity contribution in [3.8, 4) is 17.6 Å². The van der Waals surface area contributed by atoms with Crippen molar-refractivity contribution in [3.05, 3.63) is 138 Å². The molecule has 6 rings (SSSR count). The highest BCUT2D eigenvalue weighted by Crippen LogP contribution is 2.40. The minimum Gasteiger partial charge on any atom is -0.496 e. The molecular weight excluding hydrogens is 558 g/mol. The Bertz CT molecular complexity index is 2150. The molecule has 1 aliphatic rings. The Kier molecular flexibility index (Phi) is 7.49. The van der Waals surface area contributed by atoms with Crippen molar-refractivity contribution >= 4 is 34.0 Å². The van der Waals surface area contributed by atoms with E-state index < -0.39 is 6.04 Å². The summed E-state index contributed by atoms with van der Waals surface area (Å²) in [5.74, 6) is 1.10. The topological polar surface area (TPSA) is 93.7 Å². The smallest absolute Gasteiger partial charge is 0.271 e. The number of fused-ring (bicyclic) bond motifs is 2. The molecule has 0 saturated heterocycles. The average Bonchev–Trinajstić information content (AvgIpc) is 3.33. The third-order valence-corrected chi connectivity index (χ3v) is 8.52. The fourth-order valence-corrected chi connectivity index (χ4v) is 6.55. The van der Waals surface area contributed by atoms with Gasteiger partial charge in [0.1, 0.15) is 18.1 Å². The average molecular weight is 586 g/mol. The van der Waals surface area contributed by atoms with Gasteiger partial charge in [-0.25, -0.2) is 4.99 Å². The van der Waals surface area contributed by atoms with Gasteiger partial charge in [-0.3, -0.25) is 14.2 Å². The lowest BCUT2D eigenvalue weighted by Crippen LogP contribution is -2.39. The highest BCUT2D eigenvalue weighted by atomic mass is 32.1. The van der Waals surface area contributed by atoms with E-state index in [1.54, 1.807) is 17.7 Å². The zero-order valence-corrected chi connectivity index (χ0v) is 24.6. The van der Waals surface area contributed by atoms with Crippen LogP contribution in [-0.2, 0) is 11.4 Å². The first kappa shape index (κ1) is 27.9. The van der Waals surface area contributed by atoms with Gasteiger partial charge in [0.05, 0.1) is 29.3 Å². The zero-order chi connectivity index (χ0) is 30.1. The SMILES string of the molecule is COc1ccc2ccccc2c1C1C(C(C)=O)=C(C)N=c2sc(=Cc3ccc(OCc4ccccc4C#N)cc3)c(=O)n21. The van der Waals surface area contributed by atoms with Crippen LogP contribution in [-0.4, -0.2) is 17.5 Å². The van der Waals surface area contributed by atoms with Gasteiger partial charge in [0, 0.05) is 22.4 Å². The molecule has 5 aromatic rings. The number of methoxy groups -OCH3 is 1.